The molecule has 2 aliphatic rings. The molecule has 0 spiro atoms. The Morgan fingerprint density at radius 1 is 1.19 bits per heavy atom. The van der Waals surface area contributed by atoms with Gasteiger partial charge in [0.2, 0.25) is 0 Å². The number of nitrogens with one attached hydrogen (secondary N) is 1. The van der Waals surface area contributed by atoms with E-state index in [0.29, 0.717) is 18.0 Å². The molecule has 1 unspecified atom stereocenters. The first-order chi connectivity index (χ1) is 12.3. The van der Waals surface area contributed by atoms with E-state index in [4.69, 9.17) is 0 Å². The van der Waals surface area contributed by atoms with Crippen molar-refractivity contribution in [1.82, 2.24) is 9.78 Å². The molecule has 7 heteroatoms. The molecule has 1 N–H and O–H groups in total. The molecular weight excluding hydrogens is 350 g/mol. The van der Waals surface area contributed by atoms with Crippen molar-refractivity contribution in [1.29, 1.82) is 0 Å². The largest absolute Gasteiger partial charge is 0.320 e. The van der Waals surface area contributed by atoms with Crippen LogP contribution in [0.3, 0.4) is 0 Å². The molecule has 1 amide bonds. The molecule has 1 saturated heterocycles. The molecule has 2 fully saturated rings. The van der Waals surface area contributed by atoms with Crippen LogP contribution in [0.2, 0.25) is 0 Å². The summed E-state index contributed by atoms with van der Waals surface area (Å²) >= 11 is 0. The zero-order valence-electron chi connectivity index (χ0n) is 15.0. The number of para-hydroxylation sites is 1. The van der Waals surface area contributed by atoms with Gasteiger partial charge in [0, 0.05) is 17.3 Å². The fourth-order valence-corrected chi connectivity index (χ4v) is 5.35. The Bertz CT molecular complexity index is 954. The minimum Gasteiger partial charge on any atom is -0.320 e. The number of amides is 1. The second-order valence-electron chi connectivity index (χ2n) is 7.45. The van der Waals surface area contributed by atoms with Crippen LogP contribution in [0.1, 0.15) is 58.5 Å². The van der Waals surface area contributed by atoms with Gasteiger partial charge in [-0.3, -0.25) is 9.48 Å². The smallest absolute Gasteiger partial charge is 0.276 e. The molecule has 1 atom stereocenters. The Morgan fingerprint density at radius 2 is 1.88 bits per heavy atom. The lowest BCUT2D eigenvalue weighted by atomic mass is 10.1. The first kappa shape index (κ1) is 17.3. The molecule has 0 bridgehead atoms. The van der Waals surface area contributed by atoms with Crippen molar-refractivity contribution in [3.05, 3.63) is 46.8 Å². The van der Waals surface area contributed by atoms with Gasteiger partial charge < -0.3 is 5.32 Å². The highest BCUT2D eigenvalue weighted by Gasteiger charge is 2.36. The SMILES string of the molecule is Cc1cccc(C)c1NC(=O)c1cc(C2CC2)n(C2CCS(=O)(=O)C2)n1. The van der Waals surface area contributed by atoms with E-state index >= 15 is 0 Å². The minimum atomic E-state index is -3.00. The molecule has 1 saturated carbocycles. The summed E-state index contributed by atoms with van der Waals surface area (Å²) in [5, 5.41) is 7.48. The van der Waals surface area contributed by atoms with Crippen LogP contribution >= 0.6 is 0 Å². The summed E-state index contributed by atoms with van der Waals surface area (Å²) in [4.78, 5) is 12.8. The number of nitrogens with zero attached hydrogens (tertiary/aromatic N) is 2. The monoisotopic (exact) mass is 373 g/mol. The Kier molecular flexibility index (Phi) is 4.14. The first-order valence-corrected chi connectivity index (χ1v) is 10.8. The van der Waals surface area contributed by atoms with Gasteiger partial charge >= 0.3 is 0 Å². The quantitative estimate of drug-likeness (QED) is 0.893. The molecule has 1 aliphatic carbocycles. The maximum atomic E-state index is 12.8. The third-order valence-corrected chi connectivity index (χ3v) is 7.02. The lowest BCUT2D eigenvalue weighted by Crippen LogP contribution is -2.17. The first-order valence-electron chi connectivity index (χ1n) is 9.01. The third kappa shape index (κ3) is 3.28. The maximum Gasteiger partial charge on any atom is 0.276 e. The van der Waals surface area contributed by atoms with Gasteiger partial charge in [0.1, 0.15) is 0 Å². The topological polar surface area (TPSA) is 81.1 Å². The van der Waals surface area contributed by atoms with Crippen molar-refractivity contribution in [2.45, 2.75) is 45.1 Å². The van der Waals surface area contributed by atoms with Crippen molar-refractivity contribution in [3.8, 4) is 0 Å². The predicted molar refractivity (Wildman–Crippen MR) is 100 cm³/mol. The van der Waals surface area contributed by atoms with E-state index in [9.17, 15) is 13.2 Å². The van der Waals surface area contributed by atoms with E-state index in [0.717, 1.165) is 35.3 Å². The average Bonchev–Trinajstić information content (AvgIpc) is 3.22. The molecule has 2 aromatic rings. The number of aromatic nitrogens is 2. The van der Waals surface area contributed by atoms with Crippen LogP contribution in [0.15, 0.2) is 24.3 Å². The molecule has 4 rings (SSSR count). The normalized spacial score (nSPS) is 21.7. The van der Waals surface area contributed by atoms with Gasteiger partial charge in [-0.15, -0.1) is 0 Å². The highest BCUT2D eigenvalue weighted by molar-refractivity contribution is 7.91. The van der Waals surface area contributed by atoms with Crippen LogP contribution in [-0.4, -0.2) is 35.6 Å². The van der Waals surface area contributed by atoms with Crippen LogP contribution in [0.25, 0.3) is 0 Å². The third-order valence-electron chi connectivity index (χ3n) is 5.27. The summed E-state index contributed by atoms with van der Waals surface area (Å²) in [5.74, 6) is 0.467. The molecular formula is C19H23N3O3S. The molecule has 1 aliphatic heterocycles. The fraction of sp³-hybridized carbons (Fsp3) is 0.474. The number of aryl methyl sites for hydroxylation is 2. The molecule has 2 heterocycles. The van der Waals surface area contributed by atoms with Crippen molar-refractivity contribution in [3.63, 3.8) is 0 Å². The van der Waals surface area contributed by atoms with Gasteiger partial charge in [0.05, 0.1) is 17.5 Å². The minimum absolute atomic E-state index is 0.117. The lowest BCUT2D eigenvalue weighted by molar-refractivity contribution is 0.102. The number of anilines is 1. The Hall–Kier alpha value is -2.15. The number of carbonyl (C=O) groups is 1. The van der Waals surface area contributed by atoms with Gasteiger partial charge in [0.25, 0.3) is 5.91 Å². The number of sulfone groups is 1. The summed E-state index contributed by atoms with van der Waals surface area (Å²) in [7, 11) is -3.00. The van der Waals surface area contributed by atoms with E-state index in [1.165, 1.54) is 0 Å². The van der Waals surface area contributed by atoms with Gasteiger partial charge in [-0.25, -0.2) is 8.42 Å². The molecule has 1 aromatic heterocycles. The van der Waals surface area contributed by atoms with E-state index in [-0.39, 0.29) is 23.5 Å². The molecule has 138 valence electrons. The van der Waals surface area contributed by atoms with Gasteiger partial charge in [0.15, 0.2) is 15.5 Å². The van der Waals surface area contributed by atoms with Crippen LogP contribution in [0, 0.1) is 13.8 Å². The summed E-state index contributed by atoms with van der Waals surface area (Å²) < 4.78 is 25.5. The Labute approximate surface area is 153 Å². The number of carbonyl (C=O) groups excluding carboxylic acids is 1. The van der Waals surface area contributed by atoms with Gasteiger partial charge in [-0.05, 0) is 50.3 Å². The number of hydrogen-bond acceptors (Lipinski definition) is 4. The fourth-order valence-electron chi connectivity index (χ4n) is 3.65. The molecule has 6 nitrogen and oxygen atoms in total. The van der Waals surface area contributed by atoms with Crippen LogP contribution < -0.4 is 5.32 Å². The van der Waals surface area contributed by atoms with E-state index < -0.39 is 9.84 Å². The summed E-state index contributed by atoms with van der Waals surface area (Å²) in [6, 6.07) is 7.56. The van der Waals surface area contributed by atoms with Crippen molar-refractivity contribution in [2.24, 2.45) is 0 Å². The zero-order chi connectivity index (χ0) is 18.5. The van der Waals surface area contributed by atoms with Gasteiger partial charge in [-0.1, -0.05) is 18.2 Å². The molecule has 1 aromatic carbocycles. The Balaban J connectivity index is 1.63. The predicted octanol–water partition coefficient (Wildman–Crippen LogP) is 2.99. The van der Waals surface area contributed by atoms with Crippen LogP contribution in [-0.2, 0) is 9.84 Å². The second kappa shape index (κ2) is 6.23. The summed E-state index contributed by atoms with van der Waals surface area (Å²) in [6.07, 6.45) is 2.72. The summed E-state index contributed by atoms with van der Waals surface area (Å²) in [6.45, 7) is 3.92. The maximum absolute atomic E-state index is 12.8. The number of benzene rings is 1. The molecule has 0 radical (unpaired) electrons. The van der Waals surface area contributed by atoms with Crippen molar-refractivity contribution >= 4 is 21.4 Å². The second-order valence-corrected chi connectivity index (χ2v) is 9.68. The highest BCUT2D eigenvalue weighted by Crippen LogP contribution is 2.42. The lowest BCUT2D eigenvalue weighted by Gasteiger charge is -2.12. The summed E-state index contributed by atoms with van der Waals surface area (Å²) in [5.41, 5.74) is 4.17. The number of rotatable bonds is 4. The van der Waals surface area contributed by atoms with Crippen molar-refractivity contribution < 1.29 is 13.2 Å². The standard InChI is InChI=1S/C19H23N3O3S/c1-12-4-3-5-13(2)18(12)20-19(23)16-10-17(14-6-7-14)22(21-16)15-8-9-26(24,25)11-15/h3-5,10,14-15H,6-9,11H2,1-2H3,(H,20,23). The van der Waals surface area contributed by atoms with Gasteiger partial charge in [-0.2, -0.15) is 5.10 Å². The molecule has 26 heavy (non-hydrogen) atoms. The Morgan fingerprint density at radius 3 is 2.46 bits per heavy atom. The van der Waals surface area contributed by atoms with E-state index in [1.807, 2.05) is 42.8 Å². The average molecular weight is 373 g/mol. The van der Waals surface area contributed by atoms with E-state index in [1.54, 1.807) is 0 Å². The highest BCUT2D eigenvalue weighted by atomic mass is 32.2. The van der Waals surface area contributed by atoms with E-state index in [2.05, 4.69) is 10.4 Å². The zero-order valence-corrected chi connectivity index (χ0v) is 15.8. The number of hydrogen-bond donors (Lipinski definition) is 1. The van der Waals surface area contributed by atoms with Crippen LogP contribution in [0.4, 0.5) is 5.69 Å². The van der Waals surface area contributed by atoms with Crippen molar-refractivity contribution in [2.75, 3.05) is 16.8 Å². The van der Waals surface area contributed by atoms with Crippen LogP contribution in [0.5, 0.6) is 0 Å².